The minimum Gasteiger partial charge on any atom is -0.480 e. The van der Waals surface area contributed by atoms with Crippen LogP contribution in [0.3, 0.4) is 0 Å². The van der Waals surface area contributed by atoms with Gasteiger partial charge >= 0.3 is 12.1 Å². The average molecular weight is 517 g/mol. The van der Waals surface area contributed by atoms with Crippen molar-refractivity contribution in [3.05, 3.63) is 0 Å². The second-order valence-corrected chi connectivity index (χ2v) is 10.8. The van der Waals surface area contributed by atoms with E-state index in [4.69, 9.17) is 10.5 Å². The van der Waals surface area contributed by atoms with E-state index in [0.29, 0.717) is 44.4 Å². The fourth-order valence-corrected chi connectivity index (χ4v) is 4.26. The maximum absolute atomic E-state index is 12.7. The van der Waals surface area contributed by atoms with Crippen LogP contribution in [0.5, 0.6) is 0 Å². The first kappa shape index (κ1) is 30.5. The Kier molecular flexibility index (Phi) is 12.9. The van der Waals surface area contributed by atoms with Gasteiger partial charge in [0.05, 0.1) is 0 Å². The summed E-state index contributed by atoms with van der Waals surface area (Å²) in [6.07, 6.45) is 4.13. The third-order valence-electron chi connectivity index (χ3n) is 5.69. The topological polar surface area (TPSA) is 177 Å². The molecule has 1 aliphatic rings. The number of thioether (sulfide) groups is 1. The molecule has 0 heterocycles. The Morgan fingerprint density at radius 3 is 2.17 bits per heavy atom. The number of nitrogens with two attached hydrogens (primary N) is 1. The molecule has 6 N–H and O–H groups in total. The van der Waals surface area contributed by atoms with Gasteiger partial charge < -0.3 is 31.5 Å². The zero-order valence-electron chi connectivity index (χ0n) is 21.1. The molecule has 35 heavy (non-hydrogen) atoms. The molecule has 11 nitrogen and oxygen atoms in total. The highest BCUT2D eigenvalue weighted by Gasteiger charge is 2.30. The van der Waals surface area contributed by atoms with Crippen LogP contribution in [-0.4, -0.2) is 71.1 Å². The summed E-state index contributed by atoms with van der Waals surface area (Å²) in [5.41, 5.74) is 4.40. The maximum Gasteiger partial charge on any atom is 0.408 e. The Hall–Kier alpha value is -2.50. The number of carbonyl (C=O) groups is 5. The van der Waals surface area contributed by atoms with Crippen LogP contribution in [0.25, 0.3) is 0 Å². The van der Waals surface area contributed by atoms with Crippen molar-refractivity contribution in [1.29, 1.82) is 0 Å². The summed E-state index contributed by atoms with van der Waals surface area (Å²) in [5, 5.41) is 17.3. The molecule has 0 bridgehead atoms. The number of nitrogens with one attached hydrogen (secondary N) is 3. The number of aliphatic carboxylic acids is 1. The van der Waals surface area contributed by atoms with E-state index in [2.05, 4.69) is 16.0 Å². The van der Waals surface area contributed by atoms with E-state index in [-0.39, 0.29) is 36.5 Å². The summed E-state index contributed by atoms with van der Waals surface area (Å²) in [6, 6.07) is -1.85. The molecule has 1 rings (SSSR count). The van der Waals surface area contributed by atoms with Crippen LogP contribution in [-0.2, 0) is 23.9 Å². The SMILES string of the molecule is CSCC[C@H](NC(=O)OC(C)(C)C)C(=O)NCC1CCC(C(=O)N[C@@H](CCC(N)=O)C(=O)O)CC1. The first-order valence-corrected chi connectivity index (χ1v) is 13.3. The molecule has 1 aliphatic carbocycles. The summed E-state index contributed by atoms with van der Waals surface area (Å²) in [7, 11) is 0. The molecule has 4 amide bonds. The third-order valence-corrected chi connectivity index (χ3v) is 6.34. The second-order valence-electron chi connectivity index (χ2n) is 9.85. The Balaban J connectivity index is 2.51. The largest absolute Gasteiger partial charge is 0.480 e. The molecule has 0 aromatic heterocycles. The second kappa shape index (κ2) is 14.8. The van der Waals surface area contributed by atoms with Crippen molar-refractivity contribution in [2.75, 3.05) is 18.6 Å². The standard InChI is InChI=1S/C23H40N4O7S/c1-23(2,3)34-22(33)27-16(11-12-35-4)20(30)25-13-14-5-7-15(8-6-14)19(29)26-17(21(31)32)9-10-18(24)28/h14-17H,5-13H2,1-4H3,(H2,24,28)(H,25,30)(H,26,29)(H,27,33)(H,31,32)/t14?,15?,16-,17-/m0/s1. The van der Waals surface area contributed by atoms with E-state index >= 15 is 0 Å². The van der Waals surface area contributed by atoms with Gasteiger partial charge in [-0.3, -0.25) is 14.4 Å². The molecule has 0 saturated heterocycles. The molecule has 12 heteroatoms. The normalized spacial score (nSPS) is 19.7. The number of hydrogen-bond acceptors (Lipinski definition) is 7. The summed E-state index contributed by atoms with van der Waals surface area (Å²) >= 11 is 1.58. The predicted octanol–water partition coefficient (Wildman–Crippen LogP) is 1.39. The van der Waals surface area contributed by atoms with Gasteiger partial charge in [0.15, 0.2) is 0 Å². The molecule has 0 aliphatic heterocycles. The summed E-state index contributed by atoms with van der Waals surface area (Å²) in [4.78, 5) is 59.6. The summed E-state index contributed by atoms with van der Waals surface area (Å²) in [6.45, 7) is 5.69. The lowest BCUT2D eigenvalue weighted by Crippen LogP contribution is -2.49. The lowest BCUT2D eigenvalue weighted by molar-refractivity contribution is -0.143. The first-order chi connectivity index (χ1) is 16.3. The summed E-state index contributed by atoms with van der Waals surface area (Å²) in [5.74, 6) is -1.88. The van der Waals surface area contributed by atoms with Gasteiger partial charge in [-0.15, -0.1) is 0 Å². The van der Waals surface area contributed by atoms with Crippen molar-refractivity contribution < 1.29 is 33.8 Å². The molecule has 1 saturated carbocycles. The van der Waals surface area contributed by atoms with Crippen LogP contribution in [0, 0.1) is 11.8 Å². The van der Waals surface area contributed by atoms with Gasteiger partial charge in [-0.1, -0.05) is 0 Å². The number of carbonyl (C=O) groups excluding carboxylic acids is 4. The van der Waals surface area contributed by atoms with E-state index in [1.165, 1.54) is 0 Å². The Morgan fingerprint density at radius 1 is 1.03 bits per heavy atom. The van der Waals surface area contributed by atoms with E-state index in [1.54, 1.807) is 32.5 Å². The van der Waals surface area contributed by atoms with Crippen LogP contribution in [0.4, 0.5) is 4.79 Å². The molecular formula is C23H40N4O7S. The van der Waals surface area contributed by atoms with Crippen molar-refractivity contribution in [3.63, 3.8) is 0 Å². The van der Waals surface area contributed by atoms with Gasteiger partial charge in [-0.25, -0.2) is 9.59 Å². The van der Waals surface area contributed by atoms with Crippen molar-refractivity contribution in [3.8, 4) is 0 Å². The van der Waals surface area contributed by atoms with Gasteiger partial charge in [0, 0.05) is 18.9 Å². The van der Waals surface area contributed by atoms with E-state index in [1.807, 2.05) is 6.26 Å². The van der Waals surface area contributed by atoms with Crippen LogP contribution < -0.4 is 21.7 Å². The highest BCUT2D eigenvalue weighted by atomic mass is 32.2. The van der Waals surface area contributed by atoms with Gasteiger partial charge in [-0.05, 0) is 77.2 Å². The number of primary amides is 1. The number of carboxylic acids is 1. The molecule has 0 unspecified atom stereocenters. The molecule has 2 atom stereocenters. The number of ether oxygens (including phenoxy) is 1. The molecule has 0 aromatic rings. The highest BCUT2D eigenvalue weighted by Crippen LogP contribution is 2.28. The number of hydrogen-bond donors (Lipinski definition) is 5. The van der Waals surface area contributed by atoms with Crippen molar-refractivity contribution in [1.82, 2.24) is 16.0 Å². The number of amides is 4. The number of rotatable bonds is 13. The number of carboxylic acid groups (broad SMARTS) is 1. The van der Waals surface area contributed by atoms with Gasteiger partial charge in [0.25, 0.3) is 0 Å². The predicted molar refractivity (Wildman–Crippen MR) is 133 cm³/mol. The number of alkyl carbamates (subject to hydrolysis) is 1. The third kappa shape index (κ3) is 12.7. The lowest BCUT2D eigenvalue weighted by Gasteiger charge is -2.29. The van der Waals surface area contributed by atoms with E-state index < -0.39 is 35.7 Å². The van der Waals surface area contributed by atoms with E-state index in [0.717, 1.165) is 0 Å². The minimum absolute atomic E-state index is 0.0488. The zero-order chi connectivity index (χ0) is 26.6. The van der Waals surface area contributed by atoms with Crippen molar-refractivity contribution in [2.45, 2.75) is 83.4 Å². The van der Waals surface area contributed by atoms with Gasteiger partial charge in [0.1, 0.15) is 17.7 Å². The van der Waals surface area contributed by atoms with Gasteiger partial charge in [0.2, 0.25) is 17.7 Å². The molecule has 200 valence electrons. The molecular weight excluding hydrogens is 476 g/mol. The van der Waals surface area contributed by atoms with Crippen LogP contribution in [0.15, 0.2) is 0 Å². The first-order valence-electron chi connectivity index (χ1n) is 11.9. The molecule has 1 fully saturated rings. The van der Waals surface area contributed by atoms with Crippen LogP contribution in [0.1, 0.15) is 65.7 Å². The van der Waals surface area contributed by atoms with Gasteiger partial charge in [-0.2, -0.15) is 11.8 Å². The van der Waals surface area contributed by atoms with E-state index in [9.17, 15) is 29.1 Å². The Labute approximate surface area is 211 Å². The van der Waals surface area contributed by atoms with Crippen LogP contribution >= 0.6 is 11.8 Å². The molecule has 0 aromatic carbocycles. The smallest absolute Gasteiger partial charge is 0.408 e. The average Bonchev–Trinajstić information content (AvgIpc) is 2.76. The Morgan fingerprint density at radius 2 is 1.66 bits per heavy atom. The zero-order valence-corrected chi connectivity index (χ0v) is 21.9. The monoisotopic (exact) mass is 516 g/mol. The lowest BCUT2D eigenvalue weighted by atomic mass is 9.81. The highest BCUT2D eigenvalue weighted by molar-refractivity contribution is 7.98. The maximum atomic E-state index is 12.7. The minimum atomic E-state index is -1.20. The van der Waals surface area contributed by atoms with Crippen LogP contribution in [0.2, 0.25) is 0 Å². The fraction of sp³-hybridized carbons (Fsp3) is 0.783. The van der Waals surface area contributed by atoms with Crippen molar-refractivity contribution in [2.24, 2.45) is 17.6 Å². The summed E-state index contributed by atoms with van der Waals surface area (Å²) < 4.78 is 5.26. The Bertz CT molecular complexity index is 749. The quantitative estimate of drug-likeness (QED) is 0.244. The molecule has 0 radical (unpaired) electrons. The molecule has 0 spiro atoms. The fourth-order valence-electron chi connectivity index (χ4n) is 3.78. The van der Waals surface area contributed by atoms with Crippen molar-refractivity contribution >= 4 is 41.5 Å².